The zero-order valence-corrected chi connectivity index (χ0v) is 13.5. The third kappa shape index (κ3) is 3.32. The number of esters is 1. The largest absolute Gasteiger partial charge is 0.425 e. The number of fused-ring (bicyclic) bond motifs is 1. The molecule has 0 aliphatic heterocycles. The Morgan fingerprint density at radius 3 is 2.75 bits per heavy atom. The van der Waals surface area contributed by atoms with Gasteiger partial charge in [-0.1, -0.05) is 43.3 Å². The summed E-state index contributed by atoms with van der Waals surface area (Å²) in [5.41, 5.74) is 1.20. The minimum absolute atomic E-state index is 0.289. The molecule has 0 aliphatic rings. The molecule has 6 heteroatoms. The van der Waals surface area contributed by atoms with Crippen LogP contribution in [0, 0.1) is 0 Å². The topological polar surface area (TPSA) is 74.1 Å². The highest BCUT2D eigenvalue weighted by Gasteiger charge is 2.12. The average molecular weight is 323 g/mol. The van der Waals surface area contributed by atoms with E-state index in [1.54, 1.807) is 30.3 Å². The molecule has 6 nitrogen and oxygen atoms in total. The van der Waals surface area contributed by atoms with E-state index >= 15 is 0 Å². The van der Waals surface area contributed by atoms with Crippen LogP contribution in [0.25, 0.3) is 10.9 Å². The third-order valence-electron chi connectivity index (χ3n) is 3.66. The van der Waals surface area contributed by atoms with E-state index in [1.165, 1.54) is 0 Å². The lowest BCUT2D eigenvalue weighted by atomic mass is 10.0. The first-order chi connectivity index (χ1) is 11.5. The van der Waals surface area contributed by atoms with E-state index in [4.69, 9.17) is 4.74 Å². The molecule has 0 amide bonds. The third-order valence-corrected chi connectivity index (χ3v) is 3.66. The molecule has 0 saturated carbocycles. The van der Waals surface area contributed by atoms with Crippen molar-refractivity contribution in [2.75, 3.05) is 0 Å². The highest BCUT2D eigenvalue weighted by atomic mass is 16.5. The van der Waals surface area contributed by atoms with Gasteiger partial charge in [-0.25, -0.2) is 4.79 Å². The smallest absolute Gasteiger partial charge is 0.333 e. The monoisotopic (exact) mass is 323 g/mol. The Bertz CT molecular complexity index is 947. The molecule has 0 radical (unpaired) electrons. The van der Waals surface area contributed by atoms with Crippen molar-refractivity contribution in [3.05, 3.63) is 64.4 Å². The summed E-state index contributed by atoms with van der Waals surface area (Å²) in [4.78, 5) is 24.4. The first-order valence-electron chi connectivity index (χ1n) is 7.68. The lowest BCUT2D eigenvalue weighted by molar-refractivity contribution is -0.135. The summed E-state index contributed by atoms with van der Waals surface area (Å²) in [7, 11) is 0. The number of aromatic nitrogens is 3. The summed E-state index contributed by atoms with van der Waals surface area (Å²) < 4.78 is 6.32. The number of hydrogen-bond donors (Lipinski definition) is 0. The van der Waals surface area contributed by atoms with Crippen molar-refractivity contribution in [2.24, 2.45) is 0 Å². The second-order valence-corrected chi connectivity index (χ2v) is 5.77. The molecular formula is C18H17N3O3. The molecule has 0 spiro atoms. The molecular weight excluding hydrogens is 306 g/mol. The van der Waals surface area contributed by atoms with Crippen molar-refractivity contribution in [1.82, 2.24) is 15.0 Å². The maximum Gasteiger partial charge on any atom is 0.333 e. The van der Waals surface area contributed by atoms with E-state index < -0.39 is 5.97 Å². The summed E-state index contributed by atoms with van der Waals surface area (Å²) in [6.07, 6.45) is 0. The summed E-state index contributed by atoms with van der Waals surface area (Å²) in [5.74, 6) is 0.216. The Balaban J connectivity index is 1.79. The average Bonchev–Trinajstić information content (AvgIpc) is 2.58. The number of hydrogen-bond acceptors (Lipinski definition) is 5. The molecule has 0 aliphatic carbocycles. The maximum atomic E-state index is 12.3. The fourth-order valence-corrected chi connectivity index (χ4v) is 2.35. The number of carbonyl (C=O) groups excluding carboxylic acids is 1. The zero-order valence-electron chi connectivity index (χ0n) is 13.5. The molecule has 0 unspecified atom stereocenters. The van der Waals surface area contributed by atoms with Gasteiger partial charge in [0.2, 0.25) is 0 Å². The quantitative estimate of drug-likeness (QED) is 0.545. The van der Waals surface area contributed by atoms with Crippen LogP contribution in [0.5, 0.6) is 5.75 Å². The normalized spacial score (nSPS) is 11.0. The first kappa shape index (κ1) is 15.9. The molecule has 24 heavy (non-hydrogen) atoms. The van der Waals surface area contributed by atoms with Crippen molar-refractivity contribution in [2.45, 2.75) is 26.3 Å². The van der Waals surface area contributed by atoms with Crippen molar-refractivity contribution in [3.8, 4) is 5.75 Å². The van der Waals surface area contributed by atoms with Crippen molar-refractivity contribution in [3.63, 3.8) is 0 Å². The first-order valence-corrected chi connectivity index (χ1v) is 7.68. The van der Waals surface area contributed by atoms with Gasteiger partial charge in [-0.15, -0.1) is 5.10 Å². The Kier molecular flexibility index (Phi) is 4.37. The van der Waals surface area contributed by atoms with E-state index in [9.17, 15) is 9.59 Å². The van der Waals surface area contributed by atoms with Crippen LogP contribution in [0.15, 0.2) is 53.3 Å². The highest BCUT2D eigenvalue weighted by Crippen LogP contribution is 2.20. The lowest BCUT2D eigenvalue weighted by Gasteiger charge is -2.09. The Morgan fingerprint density at radius 2 is 1.96 bits per heavy atom. The molecule has 0 bridgehead atoms. The summed E-state index contributed by atoms with van der Waals surface area (Å²) in [6.45, 7) is 3.83. The number of benzene rings is 2. The van der Waals surface area contributed by atoms with Crippen molar-refractivity contribution >= 4 is 16.9 Å². The van der Waals surface area contributed by atoms with Crippen LogP contribution in [0.4, 0.5) is 0 Å². The van der Waals surface area contributed by atoms with E-state index in [0.29, 0.717) is 22.6 Å². The van der Waals surface area contributed by atoms with Crippen LogP contribution in [0.3, 0.4) is 0 Å². The van der Waals surface area contributed by atoms with Gasteiger partial charge in [-0.2, -0.15) is 4.68 Å². The lowest BCUT2D eigenvalue weighted by Crippen LogP contribution is -2.29. The van der Waals surface area contributed by atoms with Crippen LogP contribution in [-0.4, -0.2) is 21.0 Å². The molecule has 0 saturated heterocycles. The number of ether oxygens (including phenoxy) is 1. The summed E-state index contributed by atoms with van der Waals surface area (Å²) in [5, 5.41) is 8.15. The predicted molar refractivity (Wildman–Crippen MR) is 90.0 cm³/mol. The Morgan fingerprint density at radius 1 is 1.17 bits per heavy atom. The van der Waals surface area contributed by atoms with Crippen LogP contribution in [0.1, 0.15) is 25.3 Å². The van der Waals surface area contributed by atoms with Gasteiger partial charge in [0.25, 0.3) is 5.56 Å². The Labute approximate surface area is 138 Å². The zero-order chi connectivity index (χ0) is 17.1. The van der Waals surface area contributed by atoms with Crippen molar-refractivity contribution < 1.29 is 9.53 Å². The fraction of sp³-hybridized carbons (Fsp3) is 0.222. The van der Waals surface area contributed by atoms with Gasteiger partial charge >= 0.3 is 5.97 Å². The predicted octanol–water partition coefficient (Wildman–Crippen LogP) is 2.52. The SMILES string of the molecule is CC(C)c1cccc(OC(=O)Cn2nnc3ccccc3c2=O)c1. The van der Waals surface area contributed by atoms with E-state index in [2.05, 4.69) is 24.2 Å². The molecule has 122 valence electrons. The summed E-state index contributed by atoms with van der Waals surface area (Å²) >= 11 is 0. The van der Waals surface area contributed by atoms with Gasteiger partial charge < -0.3 is 4.74 Å². The molecule has 1 heterocycles. The molecule has 3 aromatic rings. The second-order valence-electron chi connectivity index (χ2n) is 5.77. The standard InChI is InChI=1S/C18H17N3O3/c1-12(2)13-6-5-7-14(10-13)24-17(22)11-21-18(23)15-8-3-4-9-16(15)19-20-21/h3-10,12H,11H2,1-2H3. The van der Waals surface area contributed by atoms with Crippen LogP contribution in [0.2, 0.25) is 0 Å². The molecule has 1 aromatic heterocycles. The Hall–Kier alpha value is -3.02. The molecule has 0 fully saturated rings. The van der Waals surface area contributed by atoms with Gasteiger partial charge in [0.1, 0.15) is 17.8 Å². The second kappa shape index (κ2) is 6.62. The minimum atomic E-state index is -0.567. The van der Waals surface area contributed by atoms with Crippen LogP contribution >= 0.6 is 0 Å². The van der Waals surface area contributed by atoms with Crippen LogP contribution < -0.4 is 10.3 Å². The van der Waals surface area contributed by atoms with E-state index in [1.807, 2.05) is 18.2 Å². The van der Waals surface area contributed by atoms with Gasteiger partial charge in [0.05, 0.1) is 5.39 Å². The number of rotatable bonds is 4. The molecule has 0 N–H and O–H groups in total. The molecule has 2 aromatic carbocycles. The number of nitrogens with zero attached hydrogens (tertiary/aromatic N) is 3. The highest BCUT2D eigenvalue weighted by molar-refractivity contribution is 5.77. The minimum Gasteiger partial charge on any atom is -0.425 e. The number of carbonyl (C=O) groups is 1. The molecule has 0 atom stereocenters. The van der Waals surface area contributed by atoms with Gasteiger partial charge in [0, 0.05) is 0 Å². The van der Waals surface area contributed by atoms with E-state index in [-0.39, 0.29) is 12.1 Å². The van der Waals surface area contributed by atoms with Gasteiger partial charge in [-0.05, 0) is 35.7 Å². The van der Waals surface area contributed by atoms with E-state index in [0.717, 1.165) is 10.2 Å². The summed E-state index contributed by atoms with van der Waals surface area (Å²) in [6, 6.07) is 14.2. The van der Waals surface area contributed by atoms with Gasteiger partial charge in [0.15, 0.2) is 0 Å². The van der Waals surface area contributed by atoms with Gasteiger partial charge in [-0.3, -0.25) is 4.79 Å². The molecule has 3 rings (SSSR count). The van der Waals surface area contributed by atoms with Crippen LogP contribution in [-0.2, 0) is 11.3 Å². The van der Waals surface area contributed by atoms with Crippen molar-refractivity contribution in [1.29, 1.82) is 0 Å². The fourth-order valence-electron chi connectivity index (χ4n) is 2.35. The maximum absolute atomic E-state index is 12.3.